The second-order valence-corrected chi connectivity index (χ2v) is 7.96. The Hall–Kier alpha value is -1.40. The van der Waals surface area contributed by atoms with Crippen LogP contribution >= 0.6 is 35.3 Å². The van der Waals surface area contributed by atoms with E-state index in [0.717, 1.165) is 22.7 Å². The second kappa shape index (κ2) is 10.8. The number of ether oxygens (including phenoxy) is 1. The largest absolute Gasteiger partial charge is 0.434 e. The van der Waals surface area contributed by atoms with Gasteiger partial charge < -0.3 is 15.0 Å². The average molecular weight is 554 g/mol. The highest BCUT2D eigenvalue weighted by Crippen LogP contribution is 2.30. The number of aryl methyl sites for hydroxylation is 2. The molecule has 1 unspecified atom stereocenters. The molecule has 1 saturated heterocycles. The van der Waals surface area contributed by atoms with Crippen molar-refractivity contribution in [1.82, 2.24) is 15.2 Å². The summed E-state index contributed by atoms with van der Waals surface area (Å²) in [6.45, 7) is 6.57. The summed E-state index contributed by atoms with van der Waals surface area (Å²) in [6.07, 6.45) is -4.03. The number of benzene rings is 1. The van der Waals surface area contributed by atoms with Crippen molar-refractivity contribution < 1.29 is 17.9 Å². The molecule has 10 heteroatoms. The van der Waals surface area contributed by atoms with E-state index in [1.165, 1.54) is 16.7 Å². The fourth-order valence-corrected chi connectivity index (χ4v) is 4.19. The van der Waals surface area contributed by atoms with Crippen LogP contribution < -0.4 is 5.32 Å². The molecule has 0 aliphatic carbocycles. The van der Waals surface area contributed by atoms with Crippen LogP contribution in [0.4, 0.5) is 13.2 Å². The summed E-state index contributed by atoms with van der Waals surface area (Å²) in [5.41, 5.74) is 2.75. The molecule has 1 aliphatic heterocycles. The van der Waals surface area contributed by atoms with Crippen molar-refractivity contribution in [2.45, 2.75) is 32.5 Å². The van der Waals surface area contributed by atoms with Gasteiger partial charge in [-0.1, -0.05) is 23.8 Å². The molecule has 3 rings (SSSR count). The second-order valence-electron chi connectivity index (χ2n) is 7.01. The fourth-order valence-electron chi connectivity index (χ4n) is 3.39. The minimum absolute atomic E-state index is 0. The molecule has 0 radical (unpaired) electrons. The van der Waals surface area contributed by atoms with Crippen molar-refractivity contribution in [3.8, 4) is 0 Å². The number of guanidine groups is 1. The molecule has 1 aromatic carbocycles. The molecule has 0 spiro atoms. The molecule has 1 aromatic heterocycles. The fraction of sp³-hybridized carbons (Fsp3) is 0.500. The summed E-state index contributed by atoms with van der Waals surface area (Å²) < 4.78 is 44.0. The lowest BCUT2D eigenvalue weighted by atomic mass is 10.00. The molecule has 0 amide bonds. The van der Waals surface area contributed by atoms with Crippen LogP contribution in [0.15, 0.2) is 28.6 Å². The lowest BCUT2D eigenvalue weighted by Gasteiger charge is -2.35. The number of hydrogen-bond donors (Lipinski definition) is 1. The van der Waals surface area contributed by atoms with E-state index in [0.29, 0.717) is 37.7 Å². The third-order valence-corrected chi connectivity index (χ3v) is 5.72. The van der Waals surface area contributed by atoms with E-state index in [-0.39, 0.29) is 30.1 Å². The molecule has 1 N–H and O–H groups in total. The number of nitrogens with one attached hydrogen (secondary N) is 1. The molecular formula is C20H26F3IN4OS. The number of aromatic nitrogens is 1. The summed E-state index contributed by atoms with van der Waals surface area (Å²) in [5, 5.41) is 4.75. The third kappa shape index (κ3) is 6.30. The van der Waals surface area contributed by atoms with Crippen molar-refractivity contribution in [1.29, 1.82) is 0 Å². The summed E-state index contributed by atoms with van der Waals surface area (Å²) in [5.74, 6) is 0.718. The predicted octanol–water partition coefficient (Wildman–Crippen LogP) is 4.59. The Kier molecular flexibility index (Phi) is 8.92. The van der Waals surface area contributed by atoms with Crippen LogP contribution in [-0.2, 0) is 17.3 Å². The van der Waals surface area contributed by atoms with Gasteiger partial charge in [-0.15, -0.1) is 35.3 Å². The molecule has 166 valence electrons. The number of nitrogens with zero attached hydrogens (tertiary/aromatic N) is 3. The van der Waals surface area contributed by atoms with E-state index in [2.05, 4.69) is 52.2 Å². The van der Waals surface area contributed by atoms with E-state index in [1.54, 1.807) is 7.05 Å². The van der Waals surface area contributed by atoms with Gasteiger partial charge in [0.1, 0.15) is 6.10 Å². The number of hydrogen-bond acceptors (Lipinski definition) is 4. The molecule has 1 aliphatic rings. The number of halogens is 4. The molecular weight excluding hydrogens is 528 g/mol. The smallest absolute Gasteiger partial charge is 0.370 e. The molecule has 1 atom stereocenters. The maximum atomic E-state index is 12.7. The quantitative estimate of drug-likeness (QED) is 0.342. The summed E-state index contributed by atoms with van der Waals surface area (Å²) >= 11 is 1.03. The first-order valence-electron chi connectivity index (χ1n) is 9.44. The summed E-state index contributed by atoms with van der Waals surface area (Å²) in [6, 6.07) is 6.34. The van der Waals surface area contributed by atoms with Gasteiger partial charge in [0.25, 0.3) is 0 Å². The molecule has 1 fully saturated rings. The van der Waals surface area contributed by atoms with Crippen LogP contribution in [0.5, 0.6) is 0 Å². The van der Waals surface area contributed by atoms with Gasteiger partial charge in [-0.2, -0.15) is 13.2 Å². The summed E-state index contributed by atoms with van der Waals surface area (Å²) in [7, 11) is 1.70. The van der Waals surface area contributed by atoms with Crippen molar-refractivity contribution in [2.24, 2.45) is 4.99 Å². The predicted molar refractivity (Wildman–Crippen MR) is 124 cm³/mol. The van der Waals surface area contributed by atoms with Gasteiger partial charge >= 0.3 is 6.18 Å². The SMILES string of the molecule is CN=C(NCCc1nc(C(F)(F)F)cs1)N1CCOC(c2ccc(C)cc2C)C1.I. The van der Waals surface area contributed by atoms with Gasteiger partial charge in [0, 0.05) is 31.9 Å². The van der Waals surface area contributed by atoms with E-state index in [1.807, 2.05) is 0 Å². The molecule has 2 aromatic rings. The molecule has 0 saturated carbocycles. The van der Waals surface area contributed by atoms with Gasteiger partial charge in [0.2, 0.25) is 0 Å². The summed E-state index contributed by atoms with van der Waals surface area (Å²) in [4.78, 5) is 10.1. The van der Waals surface area contributed by atoms with E-state index in [4.69, 9.17) is 4.74 Å². The number of aliphatic imine (C=N–C) groups is 1. The van der Waals surface area contributed by atoms with Crippen molar-refractivity contribution in [2.75, 3.05) is 33.3 Å². The van der Waals surface area contributed by atoms with Crippen LogP contribution in [-0.4, -0.2) is 49.1 Å². The molecule has 2 heterocycles. The van der Waals surface area contributed by atoms with Gasteiger partial charge in [-0.25, -0.2) is 4.98 Å². The van der Waals surface area contributed by atoms with Crippen LogP contribution in [0.1, 0.15) is 33.5 Å². The Labute approximate surface area is 195 Å². The highest BCUT2D eigenvalue weighted by atomic mass is 127. The number of rotatable bonds is 4. The molecule has 30 heavy (non-hydrogen) atoms. The van der Waals surface area contributed by atoms with E-state index in [9.17, 15) is 13.2 Å². The number of thiazole rings is 1. The van der Waals surface area contributed by atoms with Crippen molar-refractivity contribution >= 4 is 41.3 Å². The maximum absolute atomic E-state index is 12.7. The Balaban J connectivity index is 0.00000320. The highest BCUT2D eigenvalue weighted by molar-refractivity contribution is 14.0. The average Bonchev–Trinajstić information content (AvgIpc) is 3.15. The lowest BCUT2D eigenvalue weighted by Crippen LogP contribution is -2.48. The monoisotopic (exact) mass is 554 g/mol. The molecule has 0 bridgehead atoms. The van der Waals surface area contributed by atoms with E-state index >= 15 is 0 Å². The van der Waals surface area contributed by atoms with Gasteiger partial charge in [0.05, 0.1) is 18.2 Å². The Morgan fingerprint density at radius 3 is 2.77 bits per heavy atom. The van der Waals surface area contributed by atoms with Crippen LogP contribution in [0.3, 0.4) is 0 Å². The third-order valence-electron chi connectivity index (χ3n) is 4.81. The van der Waals surface area contributed by atoms with Gasteiger partial charge in [-0.05, 0) is 25.0 Å². The topological polar surface area (TPSA) is 49.8 Å². The minimum atomic E-state index is -4.39. The van der Waals surface area contributed by atoms with Crippen LogP contribution in [0, 0.1) is 13.8 Å². The zero-order chi connectivity index (χ0) is 21.0. The van der Waals surface area contributed by atoms with Gasteiger partial charge in [0.15, 0.2) is 11.7 Å². The standard InChI is InChI=1S/C20H25F3N4OS.HI/c1-13-4-5-15(14(2)10-13)16-11-27(8-9-28-16)19(24-3)25-7-6-18-26-17(12-29-18)20(21,22)23;/h4-5,10,12,16H,6-9,11H2,1-3H3,(H,24,25);1H. The maximum Gasteiger partial charge on any atom is 0.434 e. The van der Waals surface area contributed by atoms with Gasteiger partial charge in [-0.3, -0.25) is 4.99 Å². The number of morpholine rings is 1. The zero-order valence-electron chi connectivity index (χ0n) is 17.1. The zero-order valence-corrected chi connectivity index (χ0v) is 20.3. The Morgan fingerprint density at radius 1 is 1.37 bits per heavy atom. The minimum Gasteiger partial charge on any atom is -0.370 e. The first-order valence-corrected chi connectivity index (χ1v) is 10.3. The van der Waals surface area contributed by atoms with Crippen LogP contribution in [0.2, 0.25) is 0 Å². The van der Waals surface area contributed by atoms with Crippen molar-refractivity contribution in [3.05, 3.63) is 51.0 Å². The van der Waals surface area contributed by atoms with E-state index < -0.39 is 11.9 Å². The molecule has 5 nitrogen and oxygen atoms in total. The number of alkyl halides is 3. The lowest BCUT2D eigenvalue weighted by molar-refractivity contribution is -0.140. The highest BCUT2D eigenvalue weighted by Gasteiger charge is 2.33. The normalized spacial score (nSPS) is 17.6. The first kappa shape index (κ1) is 24.9. The van der Waals surface area contributed by atoms with Crippen molar-refractivity contribution in [3.63, 3.8) is 0 Å². The first-order chi connectivity index (χ1) is 13.8. The Bertz CT molecular complexity index is 872. The Morgan fingerprint density at radius 2 is 2.13 bits per heavy atom. The van der Waals surface area contributed by atoms with Crippen LogP contribution in [0.25, 0.3) is 0 Å².